The Labute approximate surface area is 139 Å². The Morgan fingerprint density at radius 1 is 1.30 bits per heavy atom. The van der Waals surface area contributed by atoms with E-state index in [1.54, 1.807) is 6.07 Å². The number of carbonyl (C=O) groups excluding carboxylic acids is 1. The maximum absolute atomic E-state index is 12.9. The van der Waals surface area contributed by atoms with Crippen molar-refractivity contribution < 1.29 is 18.0 Å². The lowest BCUT2D eigenvalue weighted by Gasteiger charge is -2.41. The molecule has 2 aliphatic rings. The molecule has 3 nitrogen and oxygen atoms in total. The van der Waals surface area contributed by atoms with E-state index in [1.165, 1.54) is 6.07 Å². The molecule has 23 heavy (non-hydrogen) atoms. The Bertz CT molecular complexity index is 569. The van der Waals surface area contributed by atoms with E-state index in [1.807, 2.05) is 0 Å². The predicted octanol–water partition coefficient (Wildman–Crippen LogP) is 2.88. The summed E-state index contributed by atoms with van der Waals surface area (Å²) in [6.45, 7) is 2.36. The molecule has 7 heteroatoms. The van der Waals surface area contributed by atoms with Gasteiger partial charge in [-0.2, -0.15) is 13.2 Å². The molecular formula is C16H20ClF3N2O. The summed E-state index contributed by atoms with van der Waals surface area (Å²) in [6.07, 6.45) is -2.28. The summed E-state index contributed by atoms with van der Waals surface area (Å²) in [5.74, 6) is 0.299. The van der Waals surface area contributed by atoms with Gasteiger partial charge in [0, 0.05) is 25.6 Å². The van der Waals surface area contributed by atoms with Gasteiger partial charge in [-0.25, -0.2) is 0 Å². The normalized spacial score (nSPS) is 20.0. The van der Waals surface area contributed by atoms with E-state index in [0.717, 1.165) is 31.6 Å². The lowest BCUT2D eigenvalue weighted by atomic mass is 9.63. The van der Waals surface area contributed by atoms with Crippen LogP contribution >= 0.6 is 12.4 Å². The third-order valence-electron chi connectivity index (χ3n) is 4.80. The molecule has 1 saturated heterocycles. The highest BCUT2D eigenvalue weighted by molar-refractivity contribution is 5.89. The Balaban J connectivity index is 0.00000192. The molecule has 1 aliphatic carbocycles. The highest BCUT2D eigenvalue weighted by atomic mass is 35.5. The van der Waals surface area contributed by atoms with E-state index in [4.69, 9.17) is 0 Å². The van der Waals surface area contributed by atoms with E-state index in [-0.39, 0.29) is 18.3 Å². The van der Waals surface area contributed by atoms with Crippen LogP contribution in [0.25, 0.3) is 0 Å². The minimum absolute atomic E-state index is 0. The highest BCUT2D eigenvalue weighted by Crippen LogP contribution is 2.45. The molecule has 0 spiro atoms. The average Bonchev–Trinajstić information content (AvgIpc) is 2.35. The van der Waals surface area contributed by atoms with Crippen molar-refractivity contribution in [3.63, 3.8) is 0 Å². The third kappa shape index (κ3) is 3.48. The number of carbonyl (C=O) groups is 1. The second kappa shape index (κ2) is 6.69. The zero-order valence-corrected chi connectivity index (χ0v) is 13.4. The summed E-state index contributed by atoms with van der Waals surface area (Å²) in [6, 6.07) is 5.21. The molecule has 3 rings (SSSR count). The fourth-order valence-electron chi connectivity index (χ4n) is 3.07. The molecule has 1 saturated carbocycles. The molecule has 0 radical (unpaired) electrons. The maximum Gasteiger partial charge on any atom is 0.416 e. The molecule has 0 unspecified atom stereocenters. The van der Waals surface area contributed by atoms with Gasteiger partial charge in [0.1, 0.15) is 0 Å². The van der Waals surface area contributed by atoms with Crippen molar-refractivity contribution in [2.24, 2.45) is 5.92 Å². The Morgan fingerprint density at radius 2 is 2.00 bits per heavy atom. The van der Waals surface area contributed by atoms with E-state index in [2.05, 4.69) is 10.6 Å². The maximum atomic E-state index is 12.9. The highest BCUT2D eigenvalue weighted by Gasteiger charge is 2.46. The number of hydrogen-bond acceptors (Lipinski definition) is 2. The van der Waals surface area contributed by atoms with Crippen molar-refractivity contribution >= 4 is 18.3 Å². The largest absolute Gasteiger partial charge is 0.416 e. The molecule has 1 aliphatic heterocycles. The van der Waals surface area contributed by atoms with Crippen LogP contribution in [0.3, 0.4) is 0 Å². The van der Waals surface area contributed by atoms with Crippen molar-refractivity contribution in [1.29, 1.82) is 0 Å². The first-order valence-corrected chi connectivity index (χ1v) is 7.58. The molecule has 0 aromatic heterocycles. The van der Waals surface area contributed by atoms with Crippen LogP contribution in [0.1, 0.15) is 30.4 Å². The van der Waals surface area contributed by atoms with E-state index >= 15 is 0 Å². The number of halogens is 4. The monoisotopic (exact) mass is 348 g/mol. The minimum atomic E-state index is -4.38. The lowest BCUT2D eigenvalue weighted by molar-refractivity contribution is -0.138. The molecule has 0 bridgehead atoms. The van der Waals surface area contributed by atoms with Crippen molar-refractivity contribution in [1.82, 2.24) is 10.6 Å². The van der Waals surface area contributed by atoms with Gasteiger partial charge in [-0.3, -0.25) is 4.79 Å². The first-order chi connectivity index (χ1) is 10.4. The van der Waals surface area contributed by atoms with Crippen molar-refractivity contribution in [3.8, 4) is 0 Å². The first kappa shape index (κ1) is 18.1. The fourth-order valence-corrected chi connectivity index (χ4v) is 3.07. The van der Waals surface area contributed by atoms with Gasteiger partial charge in [-0.1, -0.05) is 24.6 Å². The topological polar surface area (TPSA) is 41.1 Å². The average molecular weight is 349 g/mol. The van der Waals surface area contributed by atoms with Crippen molar-refractivity contribution in [2.75, 3.05) is 19.6 Å². The molecule has 128 valence electrons. The van der Waals surface area contributed by atoms with Gasteiger partial charge < -0.3 is 10.6 Å². The van der Waals surface area contributed by atoms with E-state index in [9.17, 15) is 18.0 Å². The number of benzene rings is 1. The zero-order chi connectivity index (χ0) is 15.8. The molecule has 1 amide bonds. The predicted molar refractivity (Wildman–Crippen MR) is 83.6 cm³/mol. The first-order valence-electron chi connectivity index (χ1n) is 7.58. The van der Waals surface area contributed by atoms with Crippen LogP contribution in [0.2, 0.25) is 0 Å². The van der Waals surface area contributed by atoms with Gasteiger partial charge in [-0.15, -0.1) is 12.4 Å². The van der Waals surface area contributed by atoms with Crippen LogP contribution in [0.4, 0.5) is 13.2 Å². The van der Waals surface area contributed by atoms with Gasteiger partial charge in [-0.05, 0) is 24.5 Å². The summed E-state index contributed by atoms with van der Waals surface area (Å²) in [4.78, 5) is 12.5. The number of hydrogen-bond donors (Lipinski definition) is 2. The lowest BCUT2D eigenvalue weighted by Crippen LogP contribution is -2.54. The number of amides is 1. The SMILES string of the molecule is Cl.O=C(NCC1CNC1)C1(c2cccc(C(F)(F)F)c2)CCC1. The van der Waals surface area contributed by atoms with Gasteiger partial charge >= 0.3 is 6.18 Å². The van der Waals surface area contributed by atoms with Gasteiger partial charge in [0.25, 0.3) is 0 Å². The second-order valence-corrected chi connectivity index (χ2v) is 6.25. The zero-order valence-electron chi connectivity index (χ0n) is 12.6. The van der Waals surface area contributed by atoms with Gasteiger partial charge in [0.15, 0.2) is 0 Å². The number of rotatable bonds is 4. The molecule has 0 atom stereocenters. The Kier molecular flexibility index (Phi) is 5.26. The standard InChI is InChI=1S/C16H19F3N2O.ClH/c17-16(18,19)13-4-1-3-12(7-13)15(5-2-6-15)14(22)21-10-11-8-20-9-11;/h1,3-4,7,11,20H,2,5-6,8-10H2,(H,21,22);1H. The van der Waals surface area contributed by atoms with Crippen LogP contribution in [0.15, 0.2) is 24.3 Å². The molecular weight excluding hydrogens is 329 g/mol. The van der Waals surface area contributed by atoms with Gasteiger partial charge in [0.05, 0.1) is 11.0 Å². The fraction of sp³-hybridized carbons (Fsp3) is 0.562. The van der Waals surface area contributed by atoms with Gasteiger partial charge in [0.2, 0.25) is 5.91 Å². The molecule has 1 aromatic rings. The summed E-state index contributed by atoms with van der Waals surface area (Å²) in [7, 11) is 0. The molecule has 1 aromatic carbocycles. The number of nitrogens with one attached hydrogen (secondary N) is 2. The summed E-state index contributed by atoms with van der Waals surface area (Å²) >= 11 is 0. The van der Waals surface area contributed by atoms with Crippen LogP contribution in [0, 0.1) is 5.92 Å². The van der Waals surface area contributed by atoms with E-state index in [0.29, 0.717) is 30.9 Å². The van der Waals surface area contributed by atoms with Crippen LogP contribution in [-0.4, -0.2) is 25.5 Å². The van der Waals surface area contributed by atoms with Crippen LogP contribution in [0.5, 0.6) is 0 Å². The molecule has 2 fully saturated rings. The summed E-state index contributed by atoms with van der Waals surface area (Å²) in [5.41, 5.74) is -0.983. The van der Waals surface area contributed by atoms with E-state index < -0.39 is 17.2 Å². The molecule has 2 N–H and O–H groups in total. The number of alkyl halides is 3. The van der Waals surface area contributed by atoms with Crippen LogP contribution in [-0.2, 0) is 16.4 Å². The summed E-state index contributed by atoms with van der Waals surface area (Å²) in [5, 5.41) is 6.06. The summed E-state index contributed by atoms with van der Waals surface area (Å²) < 4.78 is 38.6. The minimum Gasteiger partial charge on any atom is -0.355 e. The van der Waals surface area contributed by atoms with Crippen LogP contribution < -0.4 is 10.6 Å². The third-order valence-corrected chi connectivity index (χ3v) is 4.80. The van der Waals surface area contributed by atoms with Crippen molar-refractivity contribution in [2.45, 2.75) is 30.9 Å². The Morgan fingerprint density at radius 3 is 2.48 bits per heavy atom. The smallest absolute Gasteiger partial charge is 0.355 e. The quantitative estimate of drug-likeness (QED) is 0.878. The van der Waals surface area contributed by atoms with Crippen molar-refractivity contribution in [3.05, 3.63) is 35.4 Å². The Hall–Kier alpha value is -1.27. The molecule has 1 heterocycles. The second-order valence-electron chi connectivity index (χ2n) is 6.25.